The molecule has 0 atom stereocenters. The van der Waals surface area contributed by atoms with Gasteiger partial charge in [0, 0.05) is 11.9 Å². The van der Waals surface area contributed by atoms with Gasteiger partial charge in [-0.25, -0.2) is 4.99 Å². The van der Waals surface area contributed by atoms with Gasteiger partial charge in [0.05, 0.1) is 5.57 Å². The summed E-state index contributed by atoms with van der Waals surface area (Å²) in [5, 5.41) is 6.93. The summed E-state index contributed by atoms with van der Waals surface area (Å²) >= 11 is 0. The third-order valence-corrected chi connectivity index (χ3v) is 1.26. The van der Waals surface area contributed by atoms with Crippen molar-refractivity contribution in [3.05, 3.63) is 23.9 Å². The average Bonchev–Trinajstić information content (AvgIpc) is 2.01. The van der Waals surface area contributed by atoms with Crippen LogP contribution in [0.2, 0.25) is 0 Å². The molecule has 0 aromatic carbocycles. The molecule has 0 unspecified atom stereocenters. The van der Waals surface area contributed by atoms with E-state index in [1.807, 2.05) is 0 Å². The first-order chi connectivity index (χ1) is 6.29. The van der Waals surface area contributed by atoms with Crippen LogP contribution in [0.4, 0.5) is 13.2 Å². The first-order valence-electron chi connectivity index (χ1n) is 3.57. The highest BCUT2D eigenvalue weighted by molar-refractivity contribution is 5.99. The summed E-state index contributed by atoms with van der Waals surface area (Å²) in [4.78, 5) is 3.21. The zero-order chi connectivity index (χ0) is 11.4. The first-order valence-corrected chi connectivity index (χ1v) is 3.57. The maximum atomic E-state index is 12.2. The summed E-state index contributed by atoms with van der Waals surface area (Å²) in [5.74, 6) is -0.354. The number of halogens is 3. The molecule has 0 spiro atoms. The normalized spacial score (nSPS) is 14.0. The van der Waals surface area contributed by atoms with Gasteiger partial charge in [-0.2, -0.15) is 13.2 Å². The summed E-state index contributed by atoms with van der Waals surface area (Å²) in [6, 6.07) is 0. The van der Waals surface area contributed by atoms with Crippen LogP contribution < -0.4 is 5.73 Å². The third-order valence-electron chi connectivity index (χ3n) is 1.26. The van der Waals surface area contributed by atoms with Gasteiger partial charge >= 0.3 is 6.18 Å². The average molecular weight is 205 g/mol. The predicted molar refractivity (Wildman–Crippen MR) is 49.4 cm³/mol. The van der Waals surface area contributed by atoms with Crippen LogP contribution in [0.1, 0.15) is 6.92 Å². The topological polar surface area (TPSA) is 62.2 Å². The van der Waals surface area contributed by atoms with E-state index in [1.165, 1.54) is 0 Å². The first kappa shape index (κ1) is 12.4. The Morgan fingerprint density at radius 2 is 2.00 bits per heavy atom. The van der Waals surface area contributed by atoms with Crippen molar-refractivity contribution in [2.75, 3.05) is 0 Å². The third kappa shape index (κ3) is 3.88. The van der Waals surface area contributed by atoms with Crippen molar-refractivity contribution in [3.63, 3.8) is 0 Å². The molecule has 0 aliphatic rings. The molecule has 0 fully saturated rings. The Labute approximate surface area is 79.3 Å². The largest absolute Gasteiger partial charge is 0.419 e. The van der Waals surface area contributed by atoms with E-state index >= 15 is 0 Å². The lowest BCUT2D eigenvalue weighted by atomic mass is 10.2. The maximum absolute atomic E-state index is 12.2. The van der Waals surface area contributed by atoms with Crippen LogP contribution in [0, 0.1) is 5.41 Å². The molecule has 0 rings (SSSR count). The minimum atomic E-state index is -4.55. The Hall–Kier alpha value is -1.59. The molecule has 78 valence electrons. The van der Waals surface area contributed by atoms with Crippen molar-refractivity contribution in [2.45, 2.75) is 13.1 Å². The SMILES string of the molecule is C=CC(=N)N=CC(=C(C)N)C(F)(F)F. The monoisotopic (exact) mass is 205 g/mol. The zero-order valence-electron chi connectivity index (χ0n) is 7.52. The molecule has 14 heavy (non-hydrogen) atoms. The van der Waals surface area contributed by atoms with Crippen molar-refractivity contribution in [1.29, 1.82) is 5.41 Å². The van der Waals surface area contributed by atoms with Gasteiger partial charge in [0.2, 0.25) is 0 Å². The van der Waals surface area contributed by atoms with E-state index in [0.29, 0.717) is 6.21 Å². The molecule has 3 nitrogen and oxygen atoms in total. The number of nitrogens with one attached hydrogen (secondary N) is 1. The molecular weight excluding hydrogens is 195 g/mol. The van der Waals surface area contributed by atoms with Crippen LogP contribution in [-0.4, -0.2) is 18.2 Å². The number of alkyl halides is 3. The Bertz CT molecular complexity index is 295. The number of amidine groups is 1. The van der Waals surface area contributed by atoms with Crippen LogP contribution in [0.15, 0.2) is 28.9 Å². The van der Waals surface area contributed by atoms with Gasteiger partial charge in [0.15, 0.2) is 0 Å². The van der Waals surface area contributed by atoms with Crippen molar-refractivity contribution < 1.29 is 13.2 Å². The van der Waals surface area contributed by atoms with Crippen LogP contribution >= 0.6 is 0 Å². The highest BCUT2D eigenvalue weighted by Gasteiger charge is 2.33. The second kappa shape index (κ2) is 4.59. The Balaban J connectivity index is 4.93. The number of aliphatic imine (C=N–C) groups is 1. The van der Waals surface area contributed by atoms with E-state index in [1.54, 1.807) is 0 Å². The quantitative estimate of drug-likeness (QED) is 0.525. The smallest absolute Gasteiger partial charge is 0.402 e. The zero-order valence-corrected chi connectivity index (χ0v) is 7.52. The molecule has 0 radical (unpaired) electrons. The fraction of sp³-hybridized carbons (Fsp3) is 0.250. The number of rotatable bonds is 2. The van der Waals surface area contributed by atoms with Crippen molar-refractivity contribution >= 4 is 12.1 Å². The number of hydrogen-bond acceptors (Lipinski definition) is 2. The van der Waals surface area contributed by atoms with Gasteiger partial charge in [-0.05, 0) is 13.0 Å². The van der Waals surface area contributed by atoms with Crippen molar-refractivity contribution in [1.82, 2.24) is 0 Å². The van der Waals surface area contributed by atoms with E-state index in [-0.39, 0.29) is 5.84 Å². The standard InChI is InChI=1S/C8H10F3N3/c1-3-7(13)14-4-6(5(2)12)8(9,10)11/h3-4,13H,1,12H2,2H3. The number of allylic oxidation sites excluding steroid dienone is 2. The summed E-state index contributed by atoms with van der Waals surface area (Å²) in [6.45, 7) is 4.30. The number of hydrogen-bond donors (Lipinski definition) is 2. The summed E-state index contributed by atoms with van der Waals surface area (Å²) in [5.41, 5.74) is 3.58. The second-order valence-electron chi connectivity index (χ2n) is 2.44. The lowest BCUT2D eigenvalue weighted by Crippen LogP contribution is -2.18. The Morgan fingerprint density at radius 3 is 2.29 bits per heavy atom. The second-order valence-corrected chi connectivity index (χ2v) is 2.44. The van der Waals surface area contributed by atoms with Crippen LogP contribution in [0.5, 0.6) is 0 Å². The van der Waals surface area contributed by atoms with Gasteiger partial charge in [-0.15, -0.1) is 0 Å². The fourth-order valence-electron chi connectivity index (χ4n) is 0.585. The van der Waals surface area contributed by atoms with Gasteiger partial charge in [0.1, 0.15) is 5.84 Å². The van der Waals surface area contributed by atoms with Crippen molar-refractivity contribution in [2.24, 2.45) is 10.7 Å². The lowest BCUT2D eigenvalue weighted by Gasteiger charge is -2.08. The van der Waals surface area contributed by atoms with Crippen molar-refractivity contribution in [3.8, 4) is 0 Å². The molecule has 0 bridgehead atoms. The van der Waals surface area contributed by atoms with E-state index in [0.717, 1.165) is 13.0 Å². The summed E-state index contributed by atoms with van der Waals surface area (Å²) < 4.78 is 36.6. The molecule has 0 saturated carbocycles. The van der Waals surface area contributed by atoms with Gasteiger partial charge in [-0.1, -0.05) is 6.58 Å². The molecule has 3 N–H and O–H groups in total. The highest BCUT2D eigenvalue weighted by atomic mass is 19.4. The van der Waals surface area contributed by atoms with E-state index < -0.39 is 17.4 Å². The molecule has 0 amide bonds. The fourth-order valence-corrected chi connectivity index (χ4v) is 0.585. The maximum Gasteiger partial charge on any atom is 0.419 e. The molecule has 6 heteroatoms. The number of nitrogens with two attached hydrogens (primary N) is 1. The molecular formula is C8H10F3N3. The Morgan fingerprint density at radius 1 is 1.50 bits per heavy atom. The van der Waals surface area contributed by atoms with Gasteiger partial charge < -0.3 is 5.73 Å². The molecule has 0 heterocycles. The lowest BCUT2D eigenvalue weighted by molar-refractivity contribution is -0.0863. The molecule has 0 aromatic rings. The summed E-state index contributed by atoms with van der Waals surface area (Å²) in [6.07, 6.45) is -3.01. The van der Waals surface area contributed by atoms with E-state index in [4.69, 9.17) is 11.1 Å². The highest BCUT2D eigenvalue weighted by Crippen LogP contribution is 2.25. The van der Waals surface area contributed by atoms with Crippen LogP contribution in [0.25, 0.3) is 0 Å². The molecule has 0 aliphatic heterocycles. The van der Waals surface area contributed by atoms with Gasteiger partial charge in [0.25, 0.3) is 0 Å². The van der Waals surface area contributed by atoms with Crippen LogP contribution in [0.3, 0.4) is 0 Å². The minimum Gasteiger partial charge on any atom is -0.402 e. The molecule has 0 aromatic heterocycles. The molecule has 0 saturated heterocycles. The van der Waals surface area contributed by atoms with E-state index in [2.05, 4.69) is 11.6 Å². The number of nitrogens with zero attached hydrogens (tertiary/aromatic N) is 1. The minimum absolute atomic E-state index is 0.354. The molecule has 0 aliphatic carbocycles. The van der Waals surface area contributed by atoms with Gasteiger partial charge in [-0.3, -0.25) is 5.41 Å². The predicted octanol–water partition coefficient (Wildman–Crippen LogP) is 2.02. The van der Waals surface area contributed by atoms with Crippen LogP contribution in [-0.2, 0) is 0 Å². The Kier molecular flexibility index (Phi) is 4.07. The van der Waals surface area contributed by atoms with E-state index in [9.17, 15) is 13.2 Å². The summed E-state index contributed by atoms with van der Waals surface area (Å²) in [7, 11) is 0.